The van der Waals surface area contributed by atoms with Crippen LogP contribution in [-0.4, -0.2) is 35.6 Å². The highest BCUT2D eigenvalue weighted by Gasteiger charge is 2.27. The molecule has 3 rings (SSSR count). The maximum Gasteiger partial charge on any atom is 0.0951 e. The Morgan fingerprint density at radius 1 is 1.35 bits per heavy atom. The van der Waals surface area contributed by atoms with Crippen LogP contribution in [0.15, 0.2) is 30.5 Å². The molecular formula is C16H22N4. The predicted molar refractivity (Wildman–Crippen MR) is 84.9 cm³/mol. The van der Waals surface area contributed by atoms with E-state index in [-0.39, 0.29) is 0 Å². The summed E-state index contributed by atoms with van der Waals surface area (Å²) in [7, 11) is 0. The van der Waals surface area contributed by atoms with Crippen molar-refractivity contribution in [3.8, 4) is 0 Å². The van der Waals surface area contributed by atoms with E-state index in [1.54, 1.807) is 0 Å². The summed E-state index contributed by atoms with van der Waals surface area (Å²) in [6, 6.07) is 8.79. The van der Waals surface area contributed by atoms with Gasteiger partial charge in [0.15, 0.2) is 0 Å². The predicted octanol–water partition coefficient (Wildman–Crippen LogP) is 2.71. The second-order valence-electron chi connectivity index (χ2n) is 5.39. The first-order chi connectivity index (χ1) is 9.79. The number of hydrogen-bond donors (Lipinski definition) is 2. The van der Waals surface area contributed by atoms with Gasteiger partial charge >= 0.3 is 0 Å². The van der Waals surface area contributed by atoms with Crippen LogP contribution in [0.4, 0.5) is 11.4 Å². The highest BCUT2D eigenvalue weighted by atomic mass is 15.2. The van der Waals surface area contributed by atoms with Crippen molar-refractivity contribution in [3.05, 3.63) is 30.5 Å². The normalized spacial score (nSPS) is 14.9. The molecule has 0 aliphatic heterocycles. The molecule has 0 unspecified atom stereocenters. The maximum absolute atomic E-state index is 5.97. The van der Waals surface area contributed by atoms with Gasteiger partial charge in [0.2, 0.25) is 0 Å². The number of rotatable bonds is 6. The Morgan fingerprint density at radius 2 is 2.20 bits per heavy atom. The van der Waals surface area contributed by atoms with Crippen LogP contribution in [0.2, 0.25) is 0 Å². The summed E-state index contributed by atoms with van der Waals surface area (Å²) < 4.78 is 0. The molecule has 1 aromatic heterocycles. The van der Waals surface area contributed by atoms with Crippen LogP contribution in [0.25, 0.3) is 10.9 Å². The molecule has 3 N–H and O–H groups in total. The number of nitrogen functional groups attached to an aromatic ring is 1. The molecule has 1 aliphatic rings. The van der Waals surface area contributed by atoms with E-state index in [1.807, 2.05) is 24.4 Å². The Bertz CT molecular complexity index is 592. The lowest BCUT2D eigenvalue weighted by molar-refractivity contribution is 0.289. The zero-order valence-corrected chi connectivity index (χ0v) is 12.0. The van der Waals surface area contributed by atoms with Gasteiger partial charge in [-0.1, -0.05) is 19.1 Å². The Hall–Kier alpha value is -1.81. The Kier molecular flexibility index (Phi) is 3.74. The van der Waals surface area contributed by atoms with Gasteiger partial charge in [0.25, 0.3) is 0 Å². The summed E-state index contributed by atoms with van der Waals surface area (Å²) in [5.41, 5.74) is 8.71. The van der Waals surface area contributed by atoms with Gasteiger partial charge in [-0.3, -0.25) is 9.88 Å². The number of para-hydroxylation sites is 1. The molecule has 0 radical (unpaired) electrons. The second-order valence-corrected chi connectivity index (χ2v) is 5.39. The monoisotopic (exact) mass is 270 g/mol. The number of fused-ring (bicyclic) bond motifs is 1. The molecule has 2 aromatic rings. The van der Waals surface area contributed by atoms with Crippen LogP contribution in [-0.2, 0) is 0 Å². The van der Waals surface area contributed by atoms with Gasteiger partial charge < -0.3 is 11.1 Å². The van der Waals surface area contributed by atoms with Gasteiger partial charge in [-0.05, 0) is 31.5 Å². The fourth-order valence-electron chi connectivity index (χ4n) is 2.73. The molecule has 1 heterocycles. The first kappa shape index (κ1) is 13.2. The van der Waals surface area contributed by atoms with Crippen LogP contribution in [0, 0.1) is 0 Å². The average Bonchev–Trinajstić information content (AvgIpc) is 3.29. The van der Waals surface area contributed by atoms with E-state index in [2.05, 4.69) is 28.2 Å². The summed E-state index contributed by atoms with van der Waals surface area (Å²) in [5, 5.41) is 4.62. The first-order valence-electron chi connectivity index (χ1n) is 7.40. The summed E-state index contributed by atoms with van der Waals surface area (Å²) in [6.45, 7) is 5.42. The molecule has 0 amide bonds. The minimum Gasteiger partial charge on any atom is -0.397 e. The van der Waals surface area contributed by atoms with Gasteiger partial charge in [0, 0.05) is 36.4 Å². The molecule has 106 valence electrons. The zero-order chi connectivity index (χ0) is 13.9. The molecule has 1 aromatic carbocycles. The molecule has 1 fully saturated rings. The highest BCUT2D eigenvalue weighted by molar-refractivity contribution is 5.97. The third kappa shape index (κ3) is 2.70. The van der Waals surface area contributed by atoms with E-state index in [4.69, 9.17) is 5.73 Å². The minimum atomic E-state index is 0.735. The standard InChI is InChI=1S/C16H22N4/c1-2-20(12-6-7-12)11-10-18-15-8-9-19-16-13(15)4-3-5-14(16)17/h3-5,8-9,12H,2,6-7,10-11,17H2,1H3,(H,18,19). The van der Waals surface area contributed by atoms with Gasteiger partial charge in [0.1, 0.15) is 0 Å². The van der Waals surface area contributed by atoms with E-state index in [1.165, 1.54) is 12.8 Å². The Morgan fingerprint density at radius 3 is 2.95 bits per heavy atom. The van der Waals surface area contributed by atoms with Crippen molar-refractivity contribution in [3.63, 3.8) is 0 Å². The van der Waals surface area contributed by atoms with E-state index < -0.39 is 0 Å². The molecule has 0 atom stereocenters. The number of likely N-dealkylation sites (N-methyl/N-ethyl adjacent to an activating group) is 1. The zero-order valence-electron chi connectivity index (χ0n) is 12.0. The largest absolute Gasteiger partial charge is 0.397 e. The fourth-order valence-corrected chi connectivity index (χ4v) is 2.73. The van der Waals surface area contributed by atoms with E-state index in [9.17, 15) is 0 Å². The second kappa shape index (κ2) is 5.67. The molecule has 20 heavy (non-hydrogen) atoms. The number of anilines is 2. The lowest BCUT2D eigenvalue weighted by Gasteiger charge is -2.20. The summed E-state index contributed by atoms with van der Waals surface area (Å²) >= 11 is 0. The lowest BCUT2D eigenvalue weighted by atomic mass is 10.1. The molecular weight excluding hydrogens is 248 g/mol. The summed E-state index contributed by atoms with van der Waals surface area (Å²) in [6.07, 6.45) is 4.55. The Balaban J connectivity index is 1.69. The van der Waals surface area contributed by atoms with Gasteiger partial charge in [-0.15, -0.1) is 0 Å². The Labute approximate surface area is 120 Å². The van der Waals surface area contributed by atoms with Crippen LogP contribution in [0.1, 0.15) is 19.8 Å². The maximum atomic E-state index is 5.97. The molecule has 0 saturated heterocycles. The average molecular weight is 270 g/mol. The van der Waals surface area contributed by atoms with E-state index in [0.717, 1.165) is 48.0 Å². The van der Waals surface area contributed by atoms with Crippen molar-refractivity contribution in [2.24, 2.45) is 0 Å². The van der Waals surface area contributed by atoms with Crippen molar-refractivity contribution in [1.82, 2.24) is 9.88 Å². The van der Waals surface area contributed by atoms with Gasteiger partial charge in [0.05, 0.1) is 11.2 Å². The van der Waals surface area contributed by atoms with E-state index in [0.29, 0.717) is 0 Å². The topological polar surface area (TPSA) is 54.2 Å². The smallest absolute Gasteiger partial charge is 0.0951 e. The summed E-state index contributed by atoms with van der Waals surface area (Å²) in [5.74, 6) is 0. The number of nitrogens with two attached hydrogens (primary N) is 1. The van der Waals surface area contributed by atoms with Crippen molar-refractivity contribution in [2.45, 2.75) is 25.8 Å². The first-order valence-corrected chi connectivity index (χ1v) is 7.40. The number of aromatic nitrogens is 1. The molecule has 1 saturated carbocycles. The molecule has 0 spiro atoms. The van der Waals surface area contributed by atoms with E-state index >= 15 is 0 Å². The van der Waals surface area contributed by atoms with Crippen molar-refractivity contribution >= 4 is 22.3 Å². The number of nitrogens with one attached hydrogen (secondary N) is 1. The van der Waals surface area contributed by atoms with Crippen LogP contribution >= 0.6 is 0 Å². The van der Waals surface area contributed by atoms with Crippen molar-refractivity contribution < 1.29 is 0 Å². The highest BCUT2D eigenvalue weighted by Crippen LogP contribution is 2.27. The SMILES string of the molecule is CCN(CCNc1ccnc2c(N)cccc12)C1CC1. The van der Waals surface area contributed by atoms with Crippen LogP contribution < -0.4 is 11.1 Å². The number of pyridine rings is 1. The molecule has 1 aliphatic carbocycles. The fraction of sp³-hybridized carbons (Fsp3) is 0.438. The van der Waals surface area contributed by atoms with Crippen LogP contribution in [0.3, 0.4) is 0 Å². The molecule has 4 nitrogen and oxygen atoms in total. The van der Waals surface area contributed by atoms with Crippen molar-refractivity contribution in [1.29, 1.82) is 0 Å². The van der Waals surface area contributed by atoms with Gasteiger partial charge in [-0.2, -0.15) is 0 Å². The number of hydrogen-bond acceptors (Lipinski definition) is 4. The van der Waals surface area contributed by atoms with Crippen molar-refractivity contribution in [2.75, 3.05) is 30.7 Å². The third-order valence-corrected chi connectivity index (χ3v) is 3.99. The third-order valence-electron chi connectivity index (χ3n) is 3.99. The minimum absolute atomic E-state index is 0.735. The quantitative estimate of drug-likeness (QED) is 0.792. The van der Waals surface area contributed by atoms with Crippen LogP contribution in [0.5, 0.6) is 0 Å². The van der Waals surface area contributed by atoms with Gasteiger partial charge in [-0.25, -0.2) is 0 Å². The molecule has 4 heteroatoms. The number of benzene rings is 1. The number of nitrogens with zero attached hydrogens (tertiary/aromatic N) is 2. The lowest BCUT2D eigenvalue weighted by Crippen LogP contribution is -2.30. The molecule has 0 bridgehead atoms. The summed E-state index contributed by atoms with van der Waals surface area (Å²) in [4.78, 5) is 6.91.